The Bertz CT molecular complexity index is 155. The fraction of sp³-hybridized carbons (Fsp3) is 0.833. The van der Waals surface area contributed by atoms with E-state index in [-0.39, 0.29) is 6.61 Å². The van der Waals surface area contributed by atoms with Crippen LogP contribution in [0.15, 0.2) is 0 Å². The van der Waals surface area contributed by atoms with E-state index in [1.807, 2.05) is 0 Å². The van der Waals surface area contributed by atoms with Crippen molar-refractivity contribution in [3.05, 3.63) is 0 Å². The van der Waals surface area contributed by atoms with E-state index in [0.29, 0.717) is 0 Å². The predicted molar refractivity (Wildman–Crippen MR) is 33.7 cm³/mol. The molecule has 72 valence electrons. The second-order valence-electron chi connectivity index (χ2n) is 2.08. The highest BCUT2D eigenvalue weighted by Gasteiger charge is 2.41. The fourth-order valence-corrected chi connectivity index (χ4v) is 0.629. The van der Waals surface area contributed by atoms with Crippen molar-refractivity contribution in [2.24, 2.45) is 0 Å². The molecule has 0 aromatic heterocycles. The van der Waals surface area contributed by atoms with Gasteiger partial charge < -0.3 is 9.84 Å². The lowest BCUT2D eigenvalue weighted by Gasteiger charge is -2.17. The Hall–Kier alpha value is -0.780. The average molecular weight is 186 g/mol. The summed E-state index contributed by atoms with van der Waals surface area (Å²) in [5, 5.41) is 8.09. The summed E-state index contributed by atoms with van der Waals surface area (Å²) < 4.78 is 39.8. The minimum Gasteiger partial charge on any atom is -0.481 e. The highest BCUT2D eigenvalue weighted by Crippen LogP contribution is 2.25. The third-order valence-corrected chi connectivity index (χ3v) is 1.09. The van der Waals surface area contributed by atoms with Gasteiger partial charge in [0.1, 0.15) is 0 Å². The Morgan fingerprint density at radius 2 is 2.08 bits per heavy atom. The molecule has 1 unspecified atom stereocenters. The minimum atomic E-state index is -4.60. The second kappa shape index (κ2) is 4.30. The van der Waals surface area contributed by atoms with Crippen LogP contribution in [0.5, 0.6) is 0 Å². The van der Waals surface area contributed by atoms with Crippen molar-refractivity contribution in [3.8, 4) is 0 Å². The van der Waals surface area contributed by atoms with Crippen LogP contribution in [0.2, 0.25) is 0 Å². The lowest BCUT2D eigenvalue weighted by atomic mass is 10.2. The largest absolute Gasteiger partial charge is 0.481 e. The Morgan fingerprint density at radius 3 is 2.33 bits per heavy atom. The van der Waals surface area contributed by atoms with Crippen LogP contribution in [-0.2, 0) is 9.53 Å². The van der Waals surface area contributed by atoms with Crippen LogP contribution in [-0.4, -0.2) is 30.0 Å². The zero-order valence-electron chi connectivity index (χ0n) is 6.39. The van der Waals surface area contributed by atoms with Gasteiger partial charge in [0.05, 0.1) is 6.42 Å². The summed E-state index contributed by atoms with van der Waals surface area (Å²) in [7, 11) is 0. The van der Waals surface area contributed by atoms with E-state index in [4.69, 9.17) is 5.11 Å². The number of aliphatic carboxylic acids is 1. The van der Waals surface area contributed by atoms with E-state index in [9.17, 15) is 18.0 Å². The van der Waals surface area contributed by atoms with Gasteiger partial charge in [-0.05, 0) is 6.92 Å². The second-order valence-corrected chi connectivity index (χ2v) is 2.08. The lowest BCUT2D eigenvalue weighted by molar-refractivity contribution is -0.222. The molecule has 0 rings (SSSR count). The van der Waals surface area contributed by atoms with Gasteiger partial charge in [0.15, 0.2) is 6.10 Å². The average Bonchev–Trinajstić information content (AvgIpc) is 1.83. The van der Waals surface area contributed by atoms with Crippen molar-refractivity contribution >= 4 is 5.97 Å². The first-order valence-electron chi connectivity index (χ1n) is 3.28. The highest BCUT2D eigenvalue weighted by atomic mass is 19.4. The molecule has 0 aliphatic rings. The number of alkyl halides is 3. The van der Waals surface area contributed by atoms with Crippen molar-refractivity contribution in [2.45, 2.75) is 25.6 Å². The van der Waals surface area contributed by atoms with Gasteiger partial charge in [-0.1, -0.05) is 0 Å². The standard InChI is InChI=1S/C6H9F3O3/c1-2-12-4(3-5(10)11)6(7,8)9/h4H,2-3H2,1H3,(H,10,11). The monoisotopic (exact) mass is 186 g/mol. The SMILES string of the molecule is CCOC(CC(=O)O)C(F)(F)F. The molecule has 0 fully saturated rings. The van der Waals surface area contributed by atoms with E-state index in [1.54, 1.807) is 0 Å². The van der Waals surface area contributed by atoms with E-state index < -0.39 is 24.7 Å². The molecule has 1 N–H and O–H groups in total. The molecule has 6 heteroatoms. The number of rotatable bonds is 4. The zero-order chi connectivity index (χ0) is 9.78. The van der Waals surface area contributed by atoms with E-state index >= 15 is 0 Å². The molecule has 1 atom stereocenters. The van der Waals surface area contributed by atoms with Crippen LogP contribution in [0.4, 0.5) is 13.2 Å². The Kier molecular flexibility index (Phi) is 4.02. The summed E-state index contributed by atoms with van der Waals surface area (Å²) in [5.41, 5.74) is 0. The third kappa shape index (κ3) is 4.17. The smallest absolute Gasteiger partial charge is 0.415 e. The topological polar surface area (TPSA) is 46.5 Å². The van der Waals surface area contributed by atoms with Gasteiger partial charge in [0.2, 0.25) is 0 Å². The molecule has 0 bridgehead atoms. The number of ether oxygens (including phenoxy) is 1. The Labute approximate surface area is 67.1 Å². The van der Waals surface area contributed by atoms with Crippen LogP contribution < -0.4 is 0 Å². The molecule has 12 heavy (non-hydrogen) atoms. The maximum atomic E-state index is 11.9. The summed E-state index contributed by atoms with van der Waals surface area (Å²) in [6.45, 7) is 1.22. The Balaban J connectivity index is 4.13. The summed E-state index contributed by atoms with van der Waals surface area (Å²) in [5.74, 6) is -1.52. The first-order chi connectivity index (χ1) is 5.38. The number of carbonyl (C=O) groups is 1. The molecule has 0 aliphatic heterocycles. The molecule has 0 radical (unpaired) electrons. The number of halogens is 3. The number of carboxylic acids is 1. The fourth-order valence-electron chi connectivity index (χ4n) is 0.629. The van der Waals surface area contributed by atoms with Crippen molar-refractivity contribution in [3.63, 3.8) is 0 Å². The van der Waals surface area contributed by atoms with E-state index in [2.05, 4.69) is 4.74 Å². The quantitative estimate of drug-likeness (QED) is 0.722. The van der Waals surface area contributed by atoms with Crippen molar-refractivity contribution in [1.82, 2.24) is 0 Å². The molecule has 0 saturated heterocycles. The number of carboxylic acid groups (broad SMARTS) is 1. The molecule has 0 spiro atoms. The summed E-state index contributed by atoms with van der Waals surface area (Å²) in [6.07, 6.45) is -7.84. The normalized spacial score (nSPS) is 14.3. The maximum Gasteiger partial charge on any atom is 0.415 e. The summed E-state index contributed by atoms with van der Waals surface area (Å²) >= 11 is 0. The maximum absolute atomic E-state index is 11.9. The van der Waals surface area contributed by atoms with Crippen LogP contribution in [0.3, 0.4) is 0 Å². The Morgan fingerprint density at radius 1 is 1.58 bits per heavy atom. The molecular formula is C6H9F3O3. The predicted octanol–water partition coefficient (Wildman–Crippen LogP) is 1.43. The molecule has 0 aromatic carbocycles. The van der Waals surface area contributed by atoms with Gasteiger partial charge in [0.25, 0.3) is 0 Å². The van der Waals surface area contributed by atoms with E-state index in [0.717, 1.165) is 0 Å². The first-order valence-corrected chi connectivity index (χ1v) is 3.28. The van der Waals surface area contributed by atoms with Gasteiger partial charge >= 0.3 is 12.1 Å². The summed E-state index contributed by atoms with van der Waals surface area (Å²) in [4.78, 5) is 9.95. The van der Waals surface area contributed by atoms with Gasteiger partial charge in [0, 0.05) is 6.61 Å². The number of hydrogen-bond donors (Lipinski definition) is 1. The molecule has 0 heterocycles. The molecule has 0 saturated carbocycles. The zero-order valence-corrected chi connectivity index (χ0v) is 6.39. The van der Waals surface area contributed by atoms with Gasteiger partial charge in [-0.25, -0.2) is 0 Å². The van der Waals surface area contributed by atoms with Gasteiger partial charge in [-0.15, -0.1) is 0 Å². The van der Waals surface area contributed by atoms with E-state index in [1.165, 1.54) is 6.92 Å². The first kappa shape index (κ1) is 11.2. The highest BCUT2D eigenvalue weighted by molar-refractivity contribution is 5.67. The van der Waals surface area contributed by atoms with Crippen molar-refractivity contribution < 1.29 is 27.8 Å². The molecule has 3 nitrogen and oxygen atoms in total. The van der Waals surface area contributed by atoms with Crippen LogP contribution >= 0.6 is 0 Å². The van der Waals surface area contributed by atoms with Gasteiger partial charge in [-0.2, -0.15) is 13.2 Å². The minimum absolute atomic E-state index is 0.155. The molecule has 0 amide bonds. The molecule has 0 aromatic rings. The van der Waals surface area contributed by atoms with Crippen LogP contribution in [0.1, 0.15) is 13.3 Å². The van der Waals surface area contributed by atoms with Crippen molar-refractivity contribution in [2.75, 3.05) is 6.61 Å². The van der Waals surface area contributed by atoms with Gasteiger partial charge in [-0.3, -0.25) is 4.79 Å². The summed E-state index contributed by atoms with van der Waals surface area (Å²) in [6, 6.07) is 0. The third-order valence-electron chi connectivity index (χ3n) is 1.09. The van der Waals surface area contributed by atoms with Crippen LogP contribution in [0, 0.1) is 0 Å². The molecular weight excluding hydrogens is 177 g/mol. The van der Waals surface area contributed by atoms with Crippen LogP contribution in [0.25, 0.3) is 0 Å². The lowest BCUT2D eigenvalue weighted by Crippen LogP contribution is -2.33. The van der Waals surface area contributed by atoms with Crippen molar-refractivity contribution in [1.29, 1.82) is 0 Å². The molecule has 0 aliphatic carbocycles. The number of hydrogen-bond acceptors (Lipinski definition) is 2.